The average molecular weight is 258 g/mol. The van der Waals surface area contributed by atoms with Gasteiger partial charge in [0.25, 0.3) is 5.69 Å². The lowest BCUT2D eigenvalue weighted by atomic mass is 10.1. The van der Waals surface area contributed by atoms with Gasteiger partial charge in [-0.15, -0.1) is 0 Å². The summed E-state index contributed by atoms with van der Waals surface area (Å²) in [7, 11) is 0. The van der Waals surface area contributed by atoms with E-state index in [0.29, 0.717) is 5.82 Å². The van der Waals surface area contributed by atoms with Crippen LogP contribution in [-0.4, -0.2) is 20.9 Å². The predicted molar refractivity (Wildman–Crippen MR) is 71.5 cm³/mol. The topological polar surface area (TPSA) is 94.9 Å². The summed E-state index contributed by atoms with van der Waals surface area (Å²) in [5, 5.41) is 10.6. The highest BCUT2D eigenvalue weighted by Gasteiger charge is 2.07. The number of aromatic nitrogens is 2. The Morgan fingerprint density at radius 2 is 1.84 bits per heavy atom. The van der Waals surface area contributed by atoms with Crippen LogP contribution in [-0.2, 0) is 6.42 Å². The average Bonchev–Trinajstić information content (AvgIpc) is 2.39. The van der Waals surface area contributed by atoms with Crippen LogP contribution in [0.1, 0.15) is 12.5 Å². The summed E-state index contributed by atoms with van der Waals surface area (Å²) >= 11 is 0. The van der Waals surface area contributed by atoms with Crippen molar-refractivity contribution in [2.24, 2.45) is 5.73 Å². The summed E-state index contributed by atoms with van der Waals surface area (Å²) in [6.07, 6.45) is 4.18. The number of hydrogen-bond donors (Lipinski definition) is 1. The van der Waals surface area contributed by atoms with Crippen molar-refractivity contribution in [2.75, 3.05) is 0 Å². The fourth-order valence-electron chi connectivity index (χ4n) is 1.71. The maximum absolute atomic E-state index is 10.6. The number of non-ortho nitro benzene ring substituents is 1. The van der Waals surface area contributed by atoms with Gasteiger partial charge in [-0.3, -0.25) is 10.1 Å². The highest BCUT2D eigenvalue weighted by atomic mass is 16.6. The predicted octanol–water partition coefficient (Wildman–Crippen LogP) is 1.94. The Bertz CT molecular complexity index is 564. The molecule has 2 N–H and O–H groups in total. The van der Waals surface area contributed by atoms with Crippen molar-refractivity contribution in [1.29, 1.82) is 0 Å². The van der Waals surface area contributed by atoms with Crippen LogP contribution in [0.5, 0.6) is 0 Å². The SMILES string of the molecule is CC(N)Cc1cnc(-c2ccc([N+](=O)[O-])cc2)nc1. The molecule has 1 unspecified atom stereocenters. The van der Waals surface area contributed by atoms with Gasteiger partial charge in [0.1, 0.15) is 0 Å². The molecule has 0 aliphatic heterocycles. The number of rotatable bonds is 4. The molecule has 0 spiro atoms. The summed E-state index contributed by atoms with van der Waals surface area (Å²) < 4.78 is 0. The minimum atomic E-state index is -0.434. The highest BCUT2D eigenvalue weighted by molar-refractivity contribution is 5.56. The molecule has 6 nitrogen and oxygen atoms in total. The number of hydrogen-bond acceptors (Lipinski definition) is 5. The largest absolute Gasteiger partial charge is 0.328 e. The van der Waals surface area contributed by atoms with Crippen LogP contribution < -0.4 is 5.73 Å². The zero-order valence-electron chi connectivity index (χ0n) is 10.5. The number of nitrogens with zero attached hydrogens (tertiary/aromatic N) is 3. The number of benzene rings is 1. The molecule has 98 valence electrons. The summed E-state index contributed by atoms with van der Waals surface area (Å²) in [5.41, 5.74) is 7.47. The van der Waals surface area contributed by atoms with Crippen molar-refractivity contribution >= 4 is 5.69 Å². The quantitative estimate of drug-likeness (QED) is 0.668. The van der Waals surface area contributed by atoms with Crippen molar-refractivity contribution in [3.63, 3.8) is 0 Å². The van der Waals surface area contributed by atoms with Gasteiger partial charge in [0.15, 0.2) is 5.82 Å². The summed E-state index contributed by atoms with van der Waals surface area (Å²) in [6, 6.07) is 6.22. The monoisotopic (exact) mass is 258 g/mol. The molecule has 0 radical (unpaired) electrons. The summed E-state index contributed by atoms with van der Waals surface area (Å²) in [5.74, 6) is 0.545. The molecule has 6 heteroatoms. The second kappa shape index (κ2) is 5.53. The minimum Gasteiger partial charge on any atom is -0.328 e. The molecule has 0 saturated heterocycles. The standard InChI is InChI=1S/C13H14N4O2/c1-9(14)6-10-7-15-13(16-8-10)11-2-4-12(5-3-11)17(18)19/h2-5,7-9H,6,14H2,1H3. The van der Waals surface area contributed by atoms with E-state index in [4.69, 9.17) is 5.73 Å². The van der Waals surface area contributed by atoms with Gasteiger partial charge in [0, 0.05) is 36.1 Å². The lowest BCUT2D eigenvalue weighted by molar-refractivity contribution is -0.384. The molecular formula is C13H14N4O2. The smallest absolute Gasteiger partial charge is 0.269 e. The van der Waals surface area contributed by atoms with Crippen molar-refractivity contribution in [3.05, 3.63) is 52.3 Å². The van der Waals surface area contributed by atoms with E-state index < -0.39 is 4.92 Å². The second-order valence-corrected chi connectivity index (χ2v) is 4.40. The molecule has 2 rings (SSSR count). The molecule has 19 heavy (non-hydrogen) atoms. The molecule has 0 bridgehead atoms. The minimum absolute atomic E-state index is 0.0531. The van der Waals surface area contributed by atoms with Crippen molar-refractivity contribution in [3.8, 4) is 11.4 Å². The molecule has 1 aromatic carbocycles. The van der Waals surface area contributed by atoms with Gasteiger partial charge >= 0.3 is 0 Å². The number of nitro groups is 1. The summed E-state index contributed by atoms with van der Waals surface area (Å²) in [6.45, 7) is 1.92. The first-order chi connectivity index (χ1) is 9.06. The first kappa shape index (κ1) is 13.1. The van der Waals surface area contributed by atoms with Crippen molar-refractivity contribution < 1.29 is 4.92 Å². The third-order valence-electron chi connectivity index (χ3n) is 2.60. The fourth-order valence-corrected chi connectivity index (χ4v) is 1.71. The Balaban J connectivity index is 2.19. The molecule has 1 aromatic heterocycles. The van der Waals surface area contributed by atoms with Crippen LogP contribution in [0.4, 0.5) is 5.69 Å². The maximum Gasteiger partial charge on any atom is 0.269 e. The maximum atomic E-state index is 10.6. The summed E-state index contributed by atoms with van der Waals surface area (Å²) in [4.78, 5) is 18.6. The van der Waals surface area contributed by atoms with E-state index in [9.17, 15) is 10.1 Å². The van der Waals surface area contributed by atoms with Gasteiger partial charge in [0.05, 0.1) is 4.92 Å². The first-order valence-electron chi connectivity index (χ1n) is 5.87. The van der Waals surface area contributed by atoms with E-state index in [1.54, 1.807) is 24.5 Å². The number of nitrogens with two attached hydrogens (primary N) is 1. The van der Waals surface area contributed by atoms with Crippen LogP contribution in [0.15, 0.2) is 36.7 Å². The van der Waals surface area contributed by atoms with E-state index in [2.05, 4.69) is 9.97 Å². The Labute approximate surface area is 110 Å². The molecule has 2 aromatic rings. The lowest BCUT2D eigenvalue weighted by Crippen LogP contribution is -2.18. The molecule has 1 atom stereocenters. The van der Waals surface area contributed by atoms with Crippen LogP contribution in [0.3, 0.4) is 0 Å². The van der Waals surface area contributed by atoms with Crippen molar-refractivity contribution in [1.82, 2.24) is 9.97 Å². The Morgan fingerprint density at radius 1 is 1.26 bits per heavy atom. The zero-order valence-corrected chi connectivity index (χ0v) is 10.5. The van der Waals surface area contributed by atoms with E-state index >= 15 is 0 Å². The van der Waals surface area contributed by atoms with Gasteiger partial charge in [-0.1, -0.05) is 0 Å². The third kappa shape index (κ3) is 3.32. The normalized spacial score (nSPS) is 12.1. The number of nitro benzene ring substituents is 1. The Kier molecular flexibility index (Phi) is 3.82. The highest BCUT2D eigenvalue weighted by Crippen LogP contribution is 2.19. The molecule has 0 fully saturated rings. The van der Waals surface area contributed by atoms with E-state index in [1.807, 2.05) is 6.92 Å². The van der Waals surface area contributed by atoms with Crippen LogP contribution in [0.25, 0.3) is 11.4 Å². The fraction of sp³-hybridized carbons (Fsp3) is 0.231. The Hall–Kier alpha value is -2.34. The molecule has 0 aliphatic rings. The van der Waals surface area contributed by atoms with E-state index in [0.717, 1.165) is 17.5 Å². The second-order valence-electron chi connectivity index (χ2n) is 4.40. The lowest BCUT2D eigenvalue weighted by Gasteiger charge is -2.05. The van der Waals surface area contributed by atoms with Crippen molar-refractivity contribution in [2.45, 2.75) is 19.4 Å². The van der Waals surface area contributed by atoms with Crippen LogP contribution in [0, 0.1) is 10.1 Å². The van der Waals surface area contributed by atoms with Gasteiger partial charge in [0.2, 0.25) is 0 Å². The zero-order chi connectivity index (χ0) is 13.8. The van der Waals surface area contributed by atoms with Crippen LogP contribution in [0.2, 0.25) is 0 Å². The molecule has 1 heterocycles. The molecule has 0 amide bonds. The van der Waals surface area contributed by atoms with Gasteiger partial charge in [-0.25, -0.2) is 9.97 Å². The van der Waals surface area contributed by atoms with Crippen LogP contribution >= 0.6 is 0 Å². The molecule has 0 saturated carbocycles. The van der Waals surface area contributed by atoms with E-state index in [1.165, 1.54) is 12.1 Å². The third-order valence-corrected chi connectivity index (χ3v) is 2.60. The molecule has 0 aliphatic carbocycles. The Morgan fingerprint density at radius 3 is 2.32 bits per heavy atom. The van der Waals surface area contributed by atoms with Gasteiger partial charge in [-0.2, -0.15) is 0 Å². The molecular weight excluding hydrogens is 244 g/mol. The first-order valence-corrected chi connectivity index (χ1v) is 5.87. The van der Waals surface area contributed by atoms with Gasteiger partial charge < -0.3 is 5.73 Å². The van der Waals surface area contributed by atoms with E-state index in [-0.39, 0.29) is 11.7 Å². The van der Waals surface area contributed by atoms with Gasteiger partial charge in [-0.05, 0) is 31.0 Å².